The smallest absolute Gasteiger partial charge is 0.237 e. The minimum absolute atomic E-state index is 0.0936. The molecule has 2 aromatic rings. The van der Waals surface area contributed by atoms with E-state index < -0.39 is 23.1 Å². The van der Waals surface area contributed by atoms with Gasteiger partial charge in [-0.15, -0.1) is 0 Å². The third-order valence-corrected chi connectivity index (χ3v) is 3.47. The van der Waals surface area contributed by atoms with Crippen molar-refractivity contribution in [1.82, 2.24) is 0 Å². The van der Waals surface area contributed by atoms with E-state index in [2.05, 4.69) is 0 Å². The molecule has 2 rings (SSSR count). The van der Waals surface area contributed by atoms with Gasteiger partial charge in [0, 0.05) is 0 Å². The molecule has 6 heteroatoms. The van der Waals surface area contributed by atoms with Crippen molar-refractivity contribution in [2.45, 2.75) is 25.5 Å². The molecule has 0 aliphatic heterocycles. The highest BCUT2D eigenvalue weighted by Crippen LogP contribution is 2.20. The molecule has 0 saturated carbocycles. The second kappa shape index (κ2) is 6.75. The first-order chi connectivity index (χ1) is 10.8. The maximum atomic E-state index is 13.5. The van der Waals surface area contributed by atoms with E-state index in [9.17, 15) is 13.6 Å². The average Bonchev–Trinajstić information content (AvgIpc) is 2.50. The van der Waals surface area contributed by atoms with Gasteiger partial charge in [0.15, 0.2) is 11.6 Å². The molecule has 122 valence electrons. The number of halogens is 2. The Morgan fingerprint density at radius 3 is 2.35 bits per heavy atom. The Kier molecular flexibility index (Phi) is 4.95. The van der Waals surface area contributed by atoms with Crippen molar-refractivity contribution >= 4 is 5.91 Å². The molecule has 1 amide bonds. The van der Waals surface area contributed by atoms with E-state index >= 15 is 0 Å². The van der Waals surface area contributed by atoms with Crippen LogP contribution in [0.25, 0.3) is 0 Å². The van der Waals surface area contributed by atoms with Crippen LogP contribution < -0.4 is 16.2 Å². The van der Waals surface area contributed by atoms with Crippen molar-refractivity contribution in [3.63, 3.8) is 0 Å². The predicted molar refractivity (Wildman–Crippen MR) is 82.6 cm³/mol. The molecule has 0 aliphatic rings. The number of carbonyl (C=O) groups is 1. The van der Waals surface area contributed by atoms with Crippen LogP contribution in [0.3, 0.4) is 0 Å². The predicted octanol–water partition coefficient (Wildman–Crippen LogP) is 2.29. The number of hydrogen-bond acceptors (Lipinski definition) is 3. The maximum Gasteiger partial charge on any atom is 0.237 e. The Morgan fingerprint density at radius 2 is 1.74 bits per heavy atom. The molecular formula is C17H18F2N2O2. The highest BCUT2D eigenvalue weighted by atomic mass is 19.2. The van der Waals surface area contributed by atoms with Crippen molar-refractivity contribution in [2.75, 3.05) is 0 Å². The van der Waals surface area contributed by atoms with Gasteiger partial charge in [-0.05, 0) is 36.6 Å². The lowest BCUT2D eigenvalue weighted by Gasteiger charge is -2.20. The summed E-state index contributed by atoms with van der Waals surface area (Å²) in [5.74, 6) is -2.68. The van der Waals surface area contributed by atoms with Crippen LogP contribution >= 0.6 is 0 Å². The Balaban J connectivity index is 2.00. The van der Waals surface area contributed by atoms with E-state index in [1.807, 2.05) is 0 Å². The lowest BCUT2D eigenvalue weighted by Crippen LogP contribution is -2.51. The van der Waals surface area contributed by atoms with Crippen molar-refractivity contribution in [1.29, 1.82) is 0 Å². The van der Waals surface area contributed by atoms with Crippen LogP contribution in [0.15, 0.2) is 42.5 Å². The normalized spacial score (nSPS) is 13.4. The molecule has 1 unspecified atom stereocenters. The van der Waals surface area contributed by atoms with Crippen molar-refractivity contribution in [3.05, 3.63) is 65.2 Å². The summed E-state index contributed by atoms with van der Waals surface area (Å²) in [6.45, 7) is 1.66. The second-order valence-corrected chi connectivity index (χ2v) is 5.62. The Bertz CT molecular complexity index is 700. The number of hydrogen-bond donors (Lipinski definition) is 2. The first kappa shape index (κ1) is 16.9. The van der Waals surface area contributed by atoms with E-state index in [1.54, 1.807) is 31.2 Å². The molecular weight excluding hydrogens is 302 g/mol. The van der Waals surface area contributed by atoms with Gasteiger partial charge in [-0.25, -0.2) is 4.39 Å². The first-order valence-corrected chi connectivity index (χ1v) is 7.03. The van der Waals surface area contributed by atoms with Gasteiger partial charge >= 0.3 is 0 Å². The van der Waals surface area contributed by atoms with Gasteiger partial charge in [0.2, 0.25) is 11.7 Å². The summed E-state index contributed by atoms with van der Waals surface area (Å²) >= 11 is 0. The average molecular weight is 320 g/mol. The number of rotatable bonds is 6. The second-order valence-electron chi connectivity index (χ2n) is 5.62. The largest absolute Gasteiger partial charge is 0.486 e. The summed E-state index contributed by atoms with van der Waals surface area (Å²) in [4.78, 5) is 11.2. The standard InChI is InChI=1S/C17H18F2N2O2/c1-17(21,16(20)22)9-11-5-7-12(8-6-11)10-23-14-4-2-3-13(18)15(14)19/h2-8H,9-10,21H2,1H3,(H2,20,22). The number of nitrogens with two attached hydrogens (primary N) is 2. The van der Waals surface area contributed by atoms with Crippen LogP contribution in [0, 0.1) is 11.6 Å². The molecule has 23 heavy (non-hydrogen) atoms. The fourth-order valence-corrected chi connectivity index (χ4v) is 2.02. The van der Waals surface area contributed by atoms with Crippen LogP contribution in [0.1, 0.15) is 18.1 Å². The van der Waals surface area contributed by atoms with Gasteiger partial charge in [-0.3, -0.25) is 4.79 Å². The molecule has 2 aromatic carbocycles. The molecule has 0 bridgehead atoms. The van der Waals surface area contributed by atoms with Crippen LogP contribution in [0.2, 0.25) is 0 Å². The number of primary amides is 1. The summed E-state index contributed by atoms with van der Waals surface area (Å²) < 4.78 is 31.8. The molecule has 0 spiro atoms. The lowest BCUT2D eigenvalue weighted by atomic mass is 9.93. The minimum Gasteiger partial charge on any atom is -0.486 e. The zero-order chi connectivity index (χ0) is 17.0. The molecule has 0 aliphatic carbocycles. The topological polar surface area (TPSA) is 78.3 Å². The number of amides is 1. The molecule has 4 N–H and O–H groups in total. The van der Waals surface area contributed by atoms with Gasteiger partial charge < -0.3 is 16.2 Å². The van der Waals surface area contributed by atoms with Crippen LogP contribution in [0.4, 0.5) is 8.78 Å². The third-order valence-electron chi connectivity index (χ3n) is 3.47. The van der Waals surface area contributed by atoms with E-state index in [0.29, 0.717) is 6.42 Å². The Labute approximate surface area is 133 Å². The van der Waals surface area contributed by atoms with E-state index in [1.165, 1.54) is 12.1 Å². The van der Waals surface area contributed by atoms with E-state index in [0.717, 1.165) is 17.2 Å². The molecule has 0 heterocycles. The third kappa shape index (κ3) is 4.26. The highest BCUT2D eigenvalue weighted by Gasteiger charge is 2.25. The Hall–Kier alpha value is -2.47. The fraction of sp³-hybridized carbons (Fsp3) is 0.235. The SMILES string of the molecule is CC(N)(Cc1ccc(COc2cccc(F)c2F)cc1)C(N)=O. The molecule has 0 saturated heterocycles. The summed E-state index contributed by atoms with van der Waals surface area (Å²) in [5, 5.41) is 0. The monoisotopic (exact) mass is 320 g/mol. The molecule has 0 aromatic heterocycles. The quantitative estimate of drug-likeness (QED) is 0.857. The number of carbonyl (C=O) groups excluding carboxylic acids is 1. The number of benzene rings is 2. The van der Waals surface area contributed by atoms with Crippen LogP contribution in [0.5, 0.6) is 5.75 Å². The summed E-state index contributed by atoms with van der Waals surface area (Å²) in [5.41, 5.74) is 11.5. The fourth-order valence-electron chi connectivity index (χ4n) is 2.02. The number of ether oxygens (including phenoxy) is 1. The van der Waals surface area contributed by atoms with Crippen LogP contribution in [-0.4, -0.2) is 11.4 Å². The van der Waals surface area contributed by atoms with Gasteiger partial charge in [-0.2, -0.15) is 4.39 Å². The van der Waals surface area contributed by atoms with Gasteiger partial charge in [0.25, 0.3) is 0 Å². The molecule has 4 nitrogen and oxygen atoms in total. The summed E-state index contributed by atoms with van der Waals surface area (Å²) in [6, 6.07) is 10.9. The van der Waals surface area contributed by atoms with Crippen molar-refractivity contribution in [3.8, 4) is 5.75 Å². The first-order valence-electron chi connectivity index (χ1n) is 7.03. The van der Waals surface area contributed by atoms with E-state index in [-0.39, 0.29) is 12.4 Å². The molecule has 0 radical (unpaired) electrons. The van der Waals surface area contributed by atoms with Gasteiger partial charge in [0.05, 0.1) is 5.54 Å². The molecule has 1 atom stereocenters. The maximum absolute atomic E-state index is 13.5. The van der Waals surface area contributed by atoms with Gasteiger partial charge in [0.1, 0.15) is 6.61 Å². The minimum atomic E-state index is -1.12. The lowest BCUT2D eigenvalue weighted by molar-refractivity contribution is -0.122. The highest BCUT2D eigenvalue weighted by molar-refractivity contribution is 5.84. The zero-order valence-electron chi connectivity index (χ0n) is 12.7. The Morgan fingerprint density at radius 1 is 1.13 bits per heavy atom. The zero-order valence-corrected chi connectivity index (χ0v) is 12.7. The molecule has 0 fully saturated rings. The van der Waals surface area contributed by atoms with E-state index in [4.69, 9.17) is 16.2 Å². The summed E-state index contributed by atoms with van der Waals surface area (Å²) in [6.07, 6.45) is 0.308. The van der Waals surface area contributed by atoms with Gasteiger partial charge in [-0.1, -0.05) is 30.3 Å². The summed E-state index contributed by atoms with van der Waals surface area (Å²) in [7, 11) is 0. The van der Waals surface area contributed by atoms with Crippen molar-refractivity contribution in [2.24, 2.45) is 11.5 Å². The van der Waals surface area contributed by atoms with Crippen molar-refractivity contribution < 1.29 is 18.3 Å². The van der Waals surface area contributed by atoms with Crippen LogP contribution in [-0.2, 0) is 17.8 Å².